The average molecular weight is 259 g/mol. The Morgan fingerprint density at radius 2 is 1.84 bits per heavy atom. The van der Waals surface area contributed by atoms with E-state index in [-0.39, 0.29) is 6.42 Å². The first kappa shape index (κ1) is 12.7. The molecular weight excluding hydrogens is 238 g/mol. The van der Waals surface area contributed by atoms with Crippen molar-refractivity contribution in [3.05, 3.63) is 35.4 Å². The number of hydrogen-bond donors (Lipinski definition) is 1. The molecule has 2 fully saturated rings. The Balaban J connectivity index is 1.58. The van der Waals surface area contributed by atoms with Crippen molar-refractivity contribution in [3.8, 4) is 0 Å². The van der Waals surface area contributed by atoms with Crippen molar-refractivity contribution >= 4 is 5.97 Å². The number of aliphatic carboxylic acids is 1. The molecule has 0 radical (unpaired) electrons. The number of benzene rings is 1. The van der Waals surface area contributed by atoms with Crippen LogP contribution < -0.4 is 0 Å². The summed E-state index contributed by atoms with van der Waals surface area (Å²) in [5, 5.41) is 8.81. The topological polar surface area (TPSA) is 40.5 Å². The Morgan fingerprint density at radius 1 is 1.16 bits per heavy atom. The summed E-state index contributed by atoms with van der Waals surface area (Å²) in [6.45, 7) is 1.56. The van der Waals surface area contributed by atoms with Crippen LogP contribution in [-0.4, -0.2) is 28.6 Å². The maximum absolute atomic E-state index is 10.7. The minimum Gasteiger partial charge on any atom is -0.481 e. The Bertz CT molecular complexity index is 446. The largest absolute Gasteiger partial charge is 0.481 e. The van der Waals surface area contributed by atoms with E-state index in [1.165, 1.54) is 36.8 Å². The van der Waals surface area contributed by atoms with Crippen LogP contribution in [0.2, 0.25) is 0 Å². The summed E-state index contributed by atoms with van der Waals surface area (Å²) in [4.78, 5) is 13.0. The molecule has 0 saturated heterocycles. The zero-order valence-electron chi connectivity index (χ0n) is 11.2. The van der Waals surface area contributed by atoms with Crippen LogP contribution in [-0.2, 0) is 11.3 Å². The van der Waals surface area contributed by atoms with Gasteiger partial charge < -0.3 is 5.11 Å². The van der Waals surface area contributed by atoms with Gasteiger partial charge in [0.05, 0.1) is 6.42 Å². The molecule has 2 saturated carbocycles. The number of carboxylic acid groups (broad SMARTS) is 1. The van der Waals surface area contributed by atoms with Gasteiger partial charge in [0.2, 0.25) is 0 Å². The highest BCUT2D eigenvalue weighted by atomic mass is 16.4. The molecule has 0 aliphatic heterocycles. The molecule has 0 bridgehead atoms. The smallest absolute Gasteiger partial charge is 0.304 e. The molecule has 0 atom stereocenters. The fraction of sp³-hybridized carbons (Fsp3) is 0.562. The van der Waals surface area contributed by atoms with Crippen LogP contribution in [0, 0.1) is 0 Å². The minimum atomic E-state index is -0.699. The van der Waals surface area contributed by atoms with Gasteiger partial charge in [-0.15, -0.1) is 0 Å². The van der Waals surface area contributed by atoms with Crippen LogP contribution in [0.5, 0.6) is 0 Å². The number of hydrogen-bond acceptors (Lipinski definition) is 2. The highest BCUT2D eigenvalue weighted by Crippen LogP contribution is 2.40. The molecule has 19 heavy (non-hydrogen) atoms. The van der Waals surface area contributed by atoms with Crippen molar-refractivity contribution in [3.63, 3.8) is 0 Å². The van der Waals surface area contributed by atoms with Crippen molar-refractivity contribution in [1.82, 2.24) is 4.90 Å². The van der Waals surface area contributed by atoms with Crippen molar-refractivity contribution in [2.24, 2.45) is 0 Å². The molecule has 1 aromatic rings. The molecule has 0 unspecified atom stereocenters. The van der Waals surface area contributed by atoms with E-state index < -0.39 is 5.97 Å². The van der Waals surface area contributed by atoms with E-state index >= 15 is 0 Å². The van der Waals surface area contributed by atoms with Gasteiger partial charge in [0.15, 0.2) is 0 Å². The molecule has 3 rings (SSSR count). The Hall–Kier alpha value is -1.35. The van der Waals surface area contributed by atoms with Gasteiger partial charge in [-0.2, -0.15) is 0 Å². The zero-order chi connectivity index (χ0) is 13.2. The normalized spacial score (nSPS) is 18.8. The van der Waals surface area contributed by atoms with Crippen LogP contribution in [0.4, 0.5) is 0 Å². The summed E-state index contributed by atoms with van der Waals surface area (Å²) in [6, 6.07) is 9.53. The van der Waals surface area contributed by atoms with Crippen LogP contribution in [0.25, 0.3) is 0 Å². The summed E-state index contributed by atoms with van der Waals surface area (Å²) < 4.78 is 0. The quantitative estimate of drug-likeness (QED) is 0.818. The first-order valence-electron chi connectivity index (χ1n) is 7.27. The predicted octanol–water partition coefficient (Wildman–Crippen LogP) is 3.00. The molecule has 2 aliphatic rings. The van der Waals surface area contributed by atoms with E-state index in [0.717, 1.165) is 12.5 Å². The van der Waals surface area contributed by atoms with Gasteiger partial charge in [-0.1, -0.05) is 24.3 Å². The van der Waals surface area contributed by atoms with E-state index in [9.17, 15) is 4.79 Å². The number of carboxylic acids is 1. The Morgan fingerprint density at radius 3 is 2.37 bits per heavy atom. The van der Waals surface area contributed by atoms with Crippen LogP contribution in [0.1, 0.15) is 49.1 Å². The van der Waals surface area contributed by atoms with Gasteiger partial charge in [-0.3, -0.25) is 9.69 Å². The van der Waals surface area contributed by atoms with Crippen molar-refractivity contribution in [2.45, 2.75) is 50.6 Å². The van der Waals surface area contributed by atoms with E-state index in [4.69, 9.17) is 5.11 Å². The van der Waals surface area contributed by atoms with E-state index in [1.54, 1.807) is 0 Å². The summed E-state index contributed by atoms with van der Waals surface area (Å²) in [5.74, 6) is 0.107. The summed E-state index contributed by atoms with van der Waals surface area (Å²) in [5.41, 5.74) is 2.77. The van der Waals surface area contributed by atoms with E-state index in [1.807, 2.05) is 0 Å². The molecule has 1 aromatic carbocycles. The minimum absolute atomic E-state index is 0.247. The van der Waals surface area contributed by atoms with Crippen molar-refractivity contribution in [1.29, 1.82) is 0 Å². The standard InChI is InChI=1S/C16H21NO2/c18-16(19)9-10-17(15-7-8-15)11-12-1-3-13(4-2-12)14-5-6-14/h1-4,14-15H,5-11H2,(H,18,19). The van der Waals surface area contributed by atoms with Crippen molar-refractivity contribution < 1.29 is 9.90 Å². The Kier molecular flexibility index (Phi) is 3.56. The van der Waals surface area contributed by atoms with Gasteiger partial charge in [0.1, 0.15) is 0 Å². The highest BCUT2D eigenvalue weighted by molar-refractivity contribution is 5.66. The lowest BCUT2D eigenvalue weighted by Gasteiger charge is -2.21. The molecule has 1 N–H and O–H groups in total. The molecule has 0 aromatic heterocycles. The molecular formula is C16H21NO2. The number of nitrogens with zero attached hydrogens (tertiary/aromatic N) is 1. The zero-order valence-corrected chi connectivity index (χ0v) is 11.2. The second kappa shape index (κ2) is 5.33. The monoisotopic (exact) mass is 259 g/mol. The molecule has 0 amide bonds. The summed E-state index contributed by atoms with van der Waals surface area (Å²) >= 11 is 0. The fourth-order valence-corrected chi connectivity index (χ4v) is 2.62. The second-order valence-electron chi connectivity index (χ2n) is 5.86. The van der Waals surface area contributed by atoms with Crippen LogP contribution >= 0.6 is 0 Å². The van der Waals surface area contributed by atoms with Gasteiger partial charge in [0, 0.05) is 19.1 Å². The first-order chi connectivity index (χ1) is 9.22. The predicted molar refractivity (Wildman–Crippen MR) is 74.1 cm³/mol. The highest BCUT2D eigenvalue weighted by Gasteiger charge is 2.29. The Labute approximate surface area is 114 Å². The first-order valence-corrected chi connectivity index (χ1v) is 7.27. The third kappa shape index (κ3) is 3.57. The SMILES string of the molecule is O=C(O)CCN(Cc1ccc(C2CC2)cc1)C1CC1. The lowest BCUT2D eigenvalue weighted by Crippen LogP contribution is -2.28. The lowest BCUT2D eigenvalue weighted by molar-refractivity contribution is -0.137. The average Bonchev–Trinajstić information content (AvgIpc) is 3.28. The molecule has 3 nitrogen and oxygen atoms in total. The second-order valence-corrected chi connectivity index (χ2v) is 5.86. The van der Waals surface area contributed by atoms with Crippen LogP contribution in [0.15, 0.2) is 24.3 Å². The van der Waals surface area contributed by atoms with Gasteiger partial charge in [-0.05, 0) is 42.7 Å². The van der Waals surface area contributed by atoms with Gasteiger partial charge >= 0.3 is 5.97 Å². The van der Waals surface area contributed by atoms with Gasteiger partial charge in [0.25, 0.3) is 0 Å². The van der Waals surface area contributed by atoms with Crippen LogP contribution in [0.3, 0.4) is 0 Å². The van der Waals surface area contributed by atoms with Crippen molar-refractivity contribution in [2.75, 3.05) is 6.54 Å². The third-order valence-corrected chi connectivity index (χ3v) is 4.09. The summed E-state index contributed by atoms with van der Waals surface area (Å²) in [7, 11) is 0. The third-order valence-electron chi connectivity index (χ3n) is 4.09. The molecule has 0 spiro atoms. The van der Waals surface area contributed by atoms with E-state index in [0.29, 0.717) is 12.6 Å². The maximum atomic E-state index is 10.7. The van der Waals surface area contributed by atoms with E-state index in [2.05, 4.69) is 29.2 Å². The molecule has 3 heteroatoms. The number of rotatable bonds is 7. The lowest BCUT2D eigenvalue weighted by atomic mass is 10.1. The summed E-state index contributed by atoms with van der Waals surface area (Å²) in [6.07, 6.45) is 5.37. The molecule has 2 aliphatic carbocycles. The number of carbonyl (C=O) groups is 1. The molecule has 102 valence electrons. The molecule has 0 heterocycles. The van der Waals surface area contributed by atoms with Gasteiger partial charge in [-0.25, -0.2) is 0 Å². The maximum Gasteiger partial charge on any atom is 0.304 e. The fourth-order valence-electron chi connectivity index (χ4n) is 2.62.